The van der Waals surface area contributed by atoms with Crippen LogP contribution in [0.4, 0.5) is 5.82 Å². The highest BCUT2D eigenvalue weighted by Gasteiger charge is 2.36. The Kier molecular flexibility index (Phi) is 3.67. The van der Waals surface area contributed by atoms with Gasteiger partial charge < -0.3 is 0 Å². The largest absolute Gasteiger partial charge is 0.280 e. The van der Waals surface area contributed by atoms with Crippen LogP contribution in [0.1, 0.15) is 55.0 Å². The maximum atomic E-state index is 13.4. The number of nitrogens with one attached hydrogen (secondary N) is 1. The highest BCUT2D eigenvalue weighted by molar-refractivity contribution is 7.92. The zero-order valence-corrected chi connectivity index (χ0v) is 14.9. The zero-order chi connectivity index (χ0) is 16.9. The molecule has 2 aromatic heterocycles. The van der Waals surface area contributed by atoms with Gasteiger partial charge in [-0.3, -0.25) is 9.78 Å². The Labute approximate surface area is 142 Å². The summed E-state index contributed by atoms with van der Waals surface area (Å²) >= 11 is 0. The molecule has 0 bridgehead atoms. The molecule has 1 N–H and O–H groups in total. The highest BCUT2D eigenvalue weighted by Crippen LogP contribution is 2.39. The molecule has 1 aliphatic heterocycles. The standard InChI is InChI=1S/C16H23N5O2S/c1-11-13-8-5-9-21(16(13)18-17-11)24(22,23)14-10-20(2)19-15(14)12-6-3-4-7-12/h10,12H,3-9H2,1-2H3,(H,17,18). The van der Waals surface area contributed by atoms with Crippen molar-refractivity contribution in [3.05, 3.63) is 23.1 Å². The molecule has 2 aliphatic rings. The maximum Gasteiger partial charge on any atom is 0.268 e. The first-order valence-corrected chi connectivity index (χ1v) is 10.0. The minimum Gasteiger partial charge on any atom is -0.280 e. The first-order valence-electron chi connectivity index (χ1n) is 8.58. The minimum atomic E-state index is -3.64. The van der Waals surface area contributed by atoms with Crippen LogP contribution in [0.3, 0.4) is 0 Å². The molecular weight excluding hydrogens is 326 g/mol. The molecule has 0 atom stereocenters. The summed E-state index contributed by atoms with van der Waals surface area (Å²) < 4.78 is 29.8. The number of fused-ring (bicyclic) bond motifs is 1. The second-order valence-corrected chi connectivity index (χ2v) is 8.70. The molecule has 2 aromatic rings. The van der Waals surface area contributed by atoms with Crippen LogP contribution in [0.5, 0.6) is 0 Å². The normalized spacial score (nSPS) is 19.0. The summed E-state index contributed by atoms with van der Waals surface area (Å²) in [6.45, 7) is 2.41. The average Bonchev–Trinajstić information content (AvgIpc) is 3.27. The molecule has 1 saturated carbocycles. The Balaban J connectivity index is 1.79. The van der Waals surface area contributed by atoms with Crippen LogP contribution < -0.4 is 4.31 Å². The number of anilines is 1. The van der Waals surface area contributed by atoms with Crippen molar-refractivity contribution in [2.24, 2.45) is 7.05 Å². The zero-order valence-electron chi connectivity index (χ0n) is 14.1. The number of H-pyrrole nitrogens is 1. The van der Waals surface area contributed by atoms with Crippen molar-refractivity contribution in [2.75, 3.05) is 10.8 Å². The van der Waals surface area contributed by atoms with Gasteiger partial charge in [0.15, 0.2) is 5.82 Å². The molecule has 0 aromatic carbocycles. The smallest absolute Gasteiger partial charge is 0.268 e. The van der Waals surface area contributed by atoms with Crippen molar-refractivity contribution in [3.63, 3.8) is 0 Å². The summed E-state index contributed by atoms with van der Waals surface area (Å²) in [7, 11) is -1.85. The lowest BCUT2D eigenvalue weighted by Crippen LogP contribution is -2.36. The van der Waals surface area contributed by atoms with Crippen molar-refractivity contribution in [1.29, 1.82) is 0 Å². The Morgan fingerprint density at radius 1 is 1.25 bits per heavy atom. The molecule has 24 heavy (non-hydrogen) atoms. The summed E-state index contributed by atoms with van der Waals surface area (Å²) in [6.07, 6.45) is 7.66. The van der Waals surface area contributed by atoms with Crippen molar-refractivity contribution in [3.8, 4) is 0 Å². The highest BCUT2D eigenvalue weighted by atomic mass is 32.2. The van der Waals surface area contributed by atoms with E-state index in [-0.39, 0.29) is 5.92 Å². The molecule has 0 radical (unpaired) electrons. The summed E-state index contributed by atoms with van der Waals surface area (Å²) in [5.74, 6) is 0.807. The van der Waals surface area contributed by atoms with Crippen molar-refractivity contribution in [2.45, 2.75) is 56.3 Å². The van der Waals surface area contributed by atoms with Crippen molar-refractivity contribution in [1.82, 2.24) is 20.0 Å². The van der Waals surface area contributed by atoms with Crippen LogP contribution in [0.2, 0.25) is 0 Å². The average molecular weight is 349 g/mol. The number of aromatic amines is 1. The fourth-order valence-electron chi connectivity index (χ4n) is 3.97. The molecule has 0 amide bonds. The topological polar surface area (TPSA) is 83.9 Å². The molecule has 130 valence electrons. The van der Waals surface area contributed by atoms with Gasteiger partial charge in [0, 0.05) is 37.0 Å². The Morgan fingerprint density at radius 3 is 2.75 bits per heavy atom. The predicted octanol–water partition coefficient (Wildman–Crippen LogP) is 2.25. The van der Waals surface area contributed by atoms with E-state index in [4.69, 9.17) is 0 Å². The van der Waals surface area contributed by atoms with E-state index in [0.29, 0.717) is 17.3 Å². The van der Waals surface area contributed by atoms with Gasteiger partial charge in [-0.05, 0) is 32.6 Å². The Hall–Kier alpha value is -1.83. The number of nitrogens with zero attached hydrogens (tertiary/aromatic N) is 4. The van der Waals surface area contributed by atoms with E-state index in [9.17, 15) is 8.42 Å². The molecule has 7 nitrogen and oxygen atoms in total. The van der Waals surface area contributed by atoms with Gasteiger partial charge in [-0.15, -0.1) is 0 Å². The summed E-state index contributed by atoms with van der Waals surface area (Å²) in [5, 5.41) is 11.7. The van der Waals surface area contributed by atoms with Crippen molar-refractivity contribution >= 4 is 15.8 Å². The van der Waals surface area contributed by atoms with E-state index in [2.05, 4.69) is 15.3 Å². The van der Waals surface area contributed by atoms with E-state index in [1.807, 2.05) is 6.92 Å². The first kappa shape index (κ1) is 15.7. The lowest BCUT2D eigenvalue weighted by molar-refractivity contribution is 0.581. The number of hydrogen-bond donors (Lipinski definition) is 1. The maximum absolute atomic E-state index is 13.4. The summed E-state index contributed by atoms with van der Waals surface area (Å²) in [6, 6.07) is 0. The van der Waals surface area contributed by atoms with Crippen LogP contribution in [0.25, 0.3) is 0 Å². The van der Waals surface area contributed by atoms with Gasteiger partial charge in [0.1, 0.15) is 4.90 Å². The van der Waals surface area contributed by atoms with E-state index in [1.54, 1.807) is 17.9 Å². The van der Waals surface area contributed by atoms with E-state index < -0.39 is 10.0 Å². The number of sulfonamides is 1. The number of rotatable bonds is 3. The SMILES string of the molecule is Cc1[nH]nc2c1CCCN2S(=O)(=O)c1cn(C)nc1C1CCCC1. The monoisotopic (exact) mass is 349 g/mol. The number of aryl methyl sites for hydroxylation is 2. The van der Waals surface area contributed by atoms with Gasteiger partial charge in [0.2, 0.25) is 0 Å². The lowest BCUT2D eigenvalue weighted by Gasteiger charge is -2.27. The molecule has 0 unspecified atom stereocenters. The molecule has 3 heterocycles. The number of hydrogen-bond acceptors (Lipinski definition) is 4. The number of aromatic nitrogens is 4. The lowest BCUT2D eigenvalue weighted by atomic mass is 10.1. The van der Waals surface area contributed by atoms with E-state index >= 15 is 0 Å². The van der Waals surface area contributed by atoms with E-state index in [1.165, 1.54) is 4.31 Å². The third-order valence-electron chi connectivity index (χ3n) is 5.21. The van der Waals surface area contributed by atoms with Crippen LogP contribution in [-0.4, -0.2) is 34.9 Å². The molecular formula is C16H23N5O2S. The van der Waals surface area contributed by atoms with Crippen molar-refractivity contribution < 1.29 is 8.42 Å². The van der Waals surface area contributed by atoms with Gasteiger partial charge in [0.25, 0.3) is 10.0 Å². The molecule has 0 spiro atoms. The second kappa shape index (κ2) is 5.61. The third-order valence-corrected chi connectivity index (χ3v) is 7.01. The van der Waals surface area contributed by atoms with Crippen LogP contribution >= 0.6 is 0 Å². The fraction of sp³-hybridized carbons (Fsp3) is 0.625. The van der Waals surface area contributed by atoms with Gasteiger partial charge in [-0.25, -0.2) is 12.7 Å². The molecule has 4 rings (SSSR count). The summed E-state index contributed by atoms with van der Waals surface area (Å²) in [4.78, 5) is 0.352. The van der Waals surface area contributed by atoms with Crippen LogP contribution in [-0.2, 0) is 23.5 Å². The third kappa shape index (κ3) is 2.35. The molecule has 1 fully saturated rings. The Morgan fingerprint density at radius 2 is 2.00 bits per heavy atom. The van der Waals surface area contributed by atoms with Crippen LogP contribution in [0.15, 0.2) is 11.1 Å². The molecule has 8 heteroatoms. The predicted molar refractivity (Wildman–Crippen MR) is 90.6 cm³/mol. The Bertz CT molecular complexity index is 861. The molecule has 0 saturated heterocycles. The van der Waals surface area contributed by atoms with Gasteiger partial charge in [-0.2, -0.15) is 10.2 Å². The van der Waals surface area contributed by atoms with Gasteiger partial charge >= 0.3 is 0 Å². The quantitative estimate of drug-likeness (QED) is 0.921. The first-order chi connectivity index (χ1) is 11.5. The van der Waals surface area contributed by atoms with E-state index in [0.717, 1.165) is 55.5 Å². The van der Waals surface area contributed by atoms with Gasteiger partial charge in [-0.1, -0.05) is 12.8 Å². The minimum absolute atomic E-state index is 0.251. The van der Waals surface area contributed by atoms with Crippen LogP contribution in [0, 0.1) is 6.92 Å². The fourth-order valence-corrected chi connectivity index (χ4v) is 5.71. The van der Waals surface area contributed by atoms with Gasteiger partial charge in [0.05, 0.1) is 5.69 Å². The molecule has 1 aliphatic carbocycles. The summed E-state index contributed by atoms with van der Waals surface area (Å²) in [5.41, 5.74) is 2.69. The second-order valence-electron chi connectivity index (χ2n) is 6.87.